The molecule has 0 aromatic heterocycles. The van der Waals surface area contributed by atoms with Crippen LogP contribution in [0, 0.1) is 0 Å². The van der Waals surface area contributed by atoms with Gasteiger partial charge in [0.25, 0.3) is 5.91 Å². The highest BCUT2D eigenvalue weighted by atomic mass is 35.5. The number of carbonyl (C=O) groups is 4. The van der Waals surface area contributed by atoms with Crippen LogP contribution in [0.3, 0.4) is 0 Å². The molecule has 0 saturated carbocycles. The van der Waals surface area contributed by atoms with Crippen molar-refractivity contribution in [2.24, 2.45) is 0 Å². The van der Waals surface area contributed by atoms with Gasteiger partial charge >= 0.3 is 0 Å². The number of carbonyl (C=O) groups excluding carboxylic acids is 4. The fourth-order valence-corrected chi connectivity index (χ4v) is 3.91. The first-order chi connectivity index (χ1) is 15.0. The maximum absolute atomic E-state index is 12.9. The van der Waals surface area contributed by atoms with Crippen LogP contribution in [0.5, 0.6) is 0 Å². The van der Waals surface area contributed by atoms with Crippen molar-refractivity contribution in [1.29, 1.82) is 0 Å². The molecule has 1 aliphatic rings. The van der Waals surface area contributed by atoms with Gasteiger partial charge in [0.1, 0.15) is 18.4 Å². The Kier molecular flexibility index (Phi) is 8.99. The molecule has 4 N–H and O–H groups in total. The first-order valence-electron chi connectivity index (χ1n) is 10.2. The maximum atomic E-state index is 12.9. The van der Waals surface area contributed by atoms with Crippen LogP contribution in [-0.4, -0.2) is 84.2 Å². The van der Waals surface area contributed by atoms with Crippen LogP contribution in [0.2, 0.25) is 5.02 Å². The number of hydrogen-bond acceptors (Lipinski definition) is 7. The topological polar surface area (TPSA) is 139 Å². The molecule has 1 fully saturated rings. The molecule has 3 amide bonds. The third-order valence-electron chi connectivity index (χ3n) is 5.20. The normalized spacial score (nSPS) is 17.6. The highest BCUT2D eigenvalue weighted by Crippen LogP contribution is 2.25. The Morgan fingerprint density at radius 2 is 1.97 bits per heavy atom. The highest BCUT2D eigenvalue weighted by molar-refractivity contribution is 6.33. The molecule has 1 heterocycles. The monoisotopic (exact) mass is 468 g/mol. The fourth-order valence-electron chi connectivity index (χ4n) is 3.56. The van der Waals surface area contributed by atoms with E-state index in [2.05, 4.69) is 10.6 Å². The number of likely N-dealkylation sites (tertiary alicyclic amines) is 1. The lowest BCUT2D eigenvalue weighted by Gasteiger charge is -2.28. The average molecular weight is 469 g/mol. The molecule has 32 heavy (non-hydrogen) atoms. The zero-order chi connectivity index (χ0) is 24.0. The van der Waals surface area contributed by atoms with Gasteiger partial charge in [-0.1, -0.05) is 11.6 Å². The summed E-state index contributed by atoms with van der Waals surface area (Å²) >= 11 is 6.21. The van der Waals surface area contributed by atoms with Gasteiger partial charge in [-0.25, -0.2) is 0 Å². The molecule has 2 rings (SSSR count). The Hall–Kier alpha value is -2.69. The molecule has 1 unspecified atom stereocenters. The van der Waals surface area contributed by atoms with Crippen molar-refractivity contribution < 1.29 is 29.4 Å². The van der Waals surface area contributed by atoms with Gasteiger partial charge in [-0.3, -0.25) is 14.4 Å². The molecule has 0 radical (unpaired) electrons. The summed E-state index contributed by atoms with van der Waals surface area (Å²) in [7, 11) is 3.65. The van der Waals surface area contributed by atoms with Crippen LogP contribution in [0.25, 0.3) is 0 Å². The van der Waals surface area contributed by atoms with Crippen molar-refractivity contribution in [2.45, 2.75) is 50.6 Å². The summed E-state index contributed by atoms with van der Waals surface area (Å²) in [5.74, 6) is -1.47. The number of amides is 3. The number of aldehydes is 1. The van der Waals surface area contributed by atoms with Crippen LogP contribution in [0.4, 0.5) is 5.69 Å². The van der Waals surface area contributed by atoms with E-state index in [0.717, 1.165) is 5.69 Å². The van der Waals surface area contributed by atoms with Crippen molar-refractivity contribution >= 4 is 41.3 Å². The molecule has 1 aromatic rings. The minimum Gasteiger partial charge on any atom is -0.376 e. The van der Waals surface area contributed by atoms with Crippen LogP contribution in [0.15, 0.2) is 18.2 Å². The molecule has 0 aliphatic carbocycles. The van der Waals surface area contributed by atoms with Gasteiger partial charge in [-0.05, 0) is 38.0 Å². The average Bonchev–Trinajstić information content (AvgIpc) is 3.21. The number of aliphatic hydroxyl groups is 2. The Bertz CT molecular complexity index is 863. The molecular formula is C21H29ClN4O6. The first-order valence-corrected chi connectivity index (χ1v) is 10.6. The molecule has 3 atom stereocenters. The zero-order valence-corrected chi connectivity index (χ0v) is 19.0. The van der Waals surface area contributed by atoms with Crippen LogP contribution in [-0.2, 0) is 14.4 Å². The molecule has 1 aromatic carbocycles. The molecule has 1 aliphatic heterocycles. The van der Waals surface area contributed by atoms with E-state index >= 15 is 0 Å². The summed E-state index contributed by atoms with van der Waals surface area (Å²) in [4.78, 5) is 52.3. The summed E-state index contributed by atoms with van der Waals surface area (Å²) in [6, 6.07) is 2.04. The van der Waals surface area contributed by atoms with E-state index in [-0.39, 0.29) is 6.42 Å². The molecule has 0 bridgehead atoms. The van der Waals surface area contributed by atoms with Crippen molar-refractivity contribution in [3.63, 3.8) is 0 Å². The van der Waals surface area contributed by atoms with E-state index in [1.54, 1.807) is 12.1 Å². The highest BCUT2D eigenvalue weighted by Gasteiger charge is 2.37. The smallest absolute Gasteiger partial charge is 0.251 e. The van der Waals surface area contributed by atoms with E-state index in [1.807, 2.05) is 19.0 Å². The number of nitrogens with one attached hydrogen (secondary N) is 2. The Labute approximate surface area is 191 Å². The van der Waals surface area contributed by atoms with E-state index in [4.69, 9.17) is 21.8 Å². The Balaban J connectivity index is 2.02. The van der Waals surface area contributed by atoms with Gasteiger partial charge in [-0.2, -0.15) is 0 Å². The van der Waals surface area contributed by atoms with Crippen molar-refractivity contribution in [1.82, 2.24) is 15.5 Å². The molecule has 0 spiro atoms. The maximum Gasteiger partial charge on any atom is 0.251 e. The largest absolute Gasteiger partial charge is 0.376 e. The van der Waals surface area contributed by atoms with Crippen LogP contribution >= 0.6 is 11.6 Å². The molecule has 176 valence electrons. The van der Waals surface area contributed by atoms with Crippen LogP contribution < -0.4 is 15.5 Å². The second-order valence-electron chi connectivity index (χ2n) is 7.91. The van der Waals surface area contributed by atoms with Crippen LogP contribution in [0.1, 0.15) is 36.5 Å². The number of benzene rings is 1. The van der Waals surface area contributed by atoms with E-state index in [0.29, 0.717) is 36.3 Å². The third-order valence-corrected chi connectivity index (χ3v) is 5.51. The van der Waals surface area contributed by atoms with Gasteiger partial charge in [0, 0.05) is 32.6 Å². The van der Waals surface area contributed by atoms with Gasteiger partial charge < -0.3 is 35.4 Å². The lowest BCUT2D eigenvalue weighted by molar-refractivity contribution is -0.140. The number of anilines is 1. The van der Waals surface area contributed by atoms with Gasteiger partial charge in [0.05, 0.1) is 16.8 Å². The minimum absolute atomic E-state index is 0.298. The third kappa shape index (κ3) is 6.41. The Morgan fingerprint density at radius 3 is 2.53 bits per heavy atom. The Morgan fingerprint density at radius 1 is 1.28 bits per heavy atom. The standard InChI is InChI=1S/C21H29ClN4O6/c1-12(23-19(30)13-6-7-16(25(2)3)15(22)9-13)21(32)26-8-4-5-17(26)20(31)24-14(11-27)10-18(28)29/h6-7,9,11-12,14,17-18,28-29H,4-5,8,10H2,1-3H3,(H,23,30)(H,24,31)/t12-,14?,17-/m0/s1. The number of hydrogen-bond donors (Lipinski definition) is 4. The quantitative estimate of drug-likeness (QED) is 0.293. The summed E-state index contributed by atoms with van der Waals surface area (Å²) in [5, 5.41) is 23.5. The van der Waals surface area contributed by atoms with Gasteiger partial charge in [0.2, 0.25) is 11.8 Å². The molecule has 1 saturated heterocycles. The molecule has 10 nitrogen and oxygen atoms in total. The summed E-state index contributed by atoms with van der Waals surface area (Å²) < 4.78 is 0. The van der Waals surface area contributed by atoms with Gasteiger partial charge in [0.15, 0.2) is 6.29 Å². The summed E-state index contributed by atoms with van der Waals surface area (Å²) in [6.45, 7) is 1.86. The van der Waals surface area contributed by atoms with E-state index in [1.165, 1.54) is 17.9 Å². The molecular weight excluding hydrogens is 440 g/mol. The second-order valence-corrected chi connectivity index (χ2v) is 8.32. The predicted octanol–water partition coefficient (Wildman–Crippen LogP) is -0.100. The predicted molar refractivity (Wildman–Crippen MR) is 118 cm³/mol. The number of halogens is 1. The van der Waals surface area contributed by atoms with E-state index < -0.39 is 42.1 Å². The number of rotatable bonds is 9. The first kappa shape index (κ1) is 25.6. The number of nitrogens with zero attached hydrogens (tertiary/aromatic N) is 2. The van der Waals surface area contributed by atoms with Gasteiger partial charge in [-0.15, -0.1) is 0 Å². The summed E-state index contributed by atoms with van der Waals surface area (Å²) in [5.41, 5.74) is 1.05. The molecule has 11 heteroatoms. The van der Waals surface area contributed by atoms with Crippen molar-refractivity contribution in [3.8, 4) is 0 Å². The van der Waals surface area contributed by atoms with Crippen molar-refractivity contribution in [3.05, 3.63) is 28.8 Å². The SMILES string of the molecule is C[C@H](NC(=O)c1ccc(N(C)C)c(Cl)c1)C(=O)N1CCC[C@H]1C(=O)NC(C=O)CC(O)O. The minimum atomic E-state index is -1.75. The zero-order valence-electron chi connectivity index (χ0n) is 18.2. The summed E-state index contributed by atoms with van der Waals surface area (Å²) in [6.07, 6.45) is -0.707. The van der Waals surface area contributed by atoms with E-state index in [9.17, 15) is 19.2 Å². The lowest BCUT2D eigenvalue weighted by Crippen LogP contribution is -2.54. The fraction of sp³-hybridized carbons (Fsp3) is 0.524. The second kappa shape index (κ2) is 11.3. The lowest BCUT2D eigenvalue weighted by atomic mass is 10.1. The number of aliphatic hydroxyl groups excluding tert-OH is 1. The van der Waals surface area contributed by atoms with Crippen molar-refractivity contribution in [2.75, 3.05) is 25.5 Å².